The maximum Gasteiger partial charge on any atom is 0.433 e. The Labute approximate surface area is 184 Å². The molecule has 1 fully saturated rings. The lowest BCUT2D eigenvalue weighted by Gasteiger charge is -2.31. The molecule has 0 aliphatic heterocycles. The number of carbonyl (C=O) groups excluding carboxylic acids is 1. The monoisotopic (exact) mass is 442 g/mol. The van der Waals surface area contributed by atoms with E-state index in [2.05, 4.69) is 20.9 Å². The minimum atomic E-state index is -4.52. The molecule has 1 saturated carbocycles. The normalized spacial score (nSPS) is 18.9. The highest BCUT2D eigenvalue weighted by Crippen LogP contribution is 2.34. The Morgan fingerprint density at radius 1 is 1.03 bits per heavy atom. The fourth-order valence-electron chi connectivity index (χ4n) is 4.20. The molecule has 0 spiro atoms. The summed E-state index contributed by atoms with van der Waals surface area (Å²) in [5.41, 5.74) is 1.23. The lowest BCUT2D eigenvalue weighted by molar-refractivity contribution is -0.140. The molecule has 3 N–H and O–H groups in total. The van der Waals surface area contributed by atoms with Crippen molar-refractivity contribution >= 4 is 28.2 Å². The van der Waals surface area contributed by atoms with E-state index in [1.807, 2.05) is 12.1 Å². The number of carbonyl (C=O) groups is 1. The molecule has 0 saturated heterocycles. The maximum atomic E-state index is 13.4. The molecule has 2 aromatic carbocycles. The minimum Gasteiger partial charge on any atom is -0.388 e. The van der Waals surface area contributed by atoms with Crippen LogP contribution in [-0.4, -0.2) is 30.0 Å². The molecule has 5 nitrogen and oxygen atoms in total. The number of fused-ring (bicyclic) bond motifs is 1. The highest BCUT2D eigenvalue weighted by molar-refractivity contribution is 5.95. The Kier molecular flexibility index (Phi) is 6.21. The van der Waals surface area contributed by atoms with E-state index < -0.39 is 11.9 Å². The second-order valence-corrected chi connectivity index (χ2v) is 8.08. The Hall–Kier alpha value is -3.29. The first-order valence-corrected chi connectivity index (χ1v) is 10.7. The zero-order valence-corrected chi connectivity index (χ0v) is 17.7. The Bertz CT molecular complexity index is 1120. The number of rotatable bonds is 5. The van der Waals surface area contributed by atoms with E-state index in [1.54, 1.807) is 43.4 Å². The molecule has 0 radical (unpaired) electrons. The summed E-state index contributed by atoms with van der Waals surface area (Å²) < 4.78 is 40.1. The Morgan fingerprint density at radius 2 is 1.81 bits per heavy atom. The van der Waals surface area contributed by atoms with Crippen molar-refractivity contribution in [3.05, 3.63) is 65.9 Å². The number of benzene rings is 2. The van der Waals surface area contributed by atoms with Crippen LogP contribution in [0.4, 0.5) is 24.5 Å². The SMILES string of the molecule is CNc1cccc(C(=O)N[C@@H]2CCC[C@H](Nc3cc(C(F)(F)F)nc4ccccc34)C2)c1. The Morgan fingerprint density at radius 3 is 2.59 bits per heavy atom. The highest BCUT2D eigenvalue weighted by Gasteiger charge is 2.34. The topological polar surface area (TPSA) is 66.1 Å². The molecular weight excluding hydrogens is 417 g/mol. The smallest absolute Gasteiger partial charge is 0.388 e. The summed E-state index contributed by atoms with van der Waals surface area (Å²) in [6.07, 6.45) is -1.37. The fourth-order valence-corrected chi connectivity index (χ4v) is 4.20. The van der Waals surface area contributed by atoms with Gasteiger partial charge in [-0.15, -0.1) is 0 Å². The molecule has 8 heteroatoms. The van der Waals surface area contributed by atoms with Gasteiger partial charge in [-0.3, -0.25) is 4.79 Å². The van der Waals surface area contributed by atoms with Gasteiger partial charge in [-0.2, -0.15) is 13.2 Å². The first-order valence-electron chi connectivity index (χ1n) is 10.7. The van der Waals surface area contributed by atoms with Gasteiger partial charge in [-0.1, -0.05) is 24.3 Å². The van der Waals surface area contributed by atoms with E-state index in [9.17, 15) is 18.0 Å². The summed E-state index contributed by atoms with van der Waals surface area (Å²) in [7, 11) is 1.79. The van der Waals surface area contributed by atoms with Gasteiger partial charge in [0.1, 0.15) is 5.69 Å². The molecule has 0 bridgehead atoms. The van der Waals surface area contributed by atoms with Crippen LogP contribution in [0.3, 0.4) is 0 Å². The van der Waals surface area contributed by atoms with E-state index >= 15 is 0 Å². The van der Waals surface area contributed by atoms with Crippen molar-refractivity contribution in [3.8, 4) is 0 Å². The molecule has 4 rings (SSSR count). The third-order valence-corrected chi connectivity index (χ3v) is 5.79. The number of aromatic nitrogens is 1. The molecule has 1 aromatic heterocycles. The summed E-state index contributed by atoms with van der Waals surface area (Å²) >= 11 is 0. The average Bonchev–Trinajstić information content (AvgIpc) is 2.78. The fraction of sp³-hybridized carbons (Fsp3) is 0.333. The molecule has 32 heavy (non-hydrogen) atoms. The molecule has 1 aliphatic carbocycles. The number of alkyl halides is 3. The number of para-hydroxylation sites is 1. The van der Waals surface area contributed by atoms with Crippen molar-refractivity contribution in [1.82, 2.24) is 10.3 Å². The van der Waals surface area contributed by atoms with E-state index in [1.165, 1.54) is 0 Å². The van der Waals surface area contributed by atoms with Crippen LogP contribution in [-0.2, 0) is 6.18 Å². The van der Waals surface area contributed by atoms with Gasteiger partial charge < -0.3 is 16.0 Å². The van der Waals surface area contributed by atoms with Gasteiger partial charge in [0.2, 0.25) is 0 Å². The van der Waals surface area contributed by atoms with Crippen LogP contribution < -0.4 is 16.0 Å². The predicted octanol–water partition coefficient (Wildman–Crippen LogP) is 5.45. The van der Waals surface area contributed by atoms with Gasteiger partial charge in [0.25, 0.3) is 5.91 Å². The molecule has 0 unspecified atom stereocenters. The summed E-state index contributed by atoms with van der Waals surface area (Å²) in [6.45, 7) is 0. The quantitative estimate of drug-likeness (QED) is 0.492. The second-order valence-electron chi connectivity index (χ2n) is 8.08. The molecule has 3 aromatic rings. The van der Waals surface area contributed by atoms with Crippen molar-refractivity contribution in [1.29, 1.82) is 0 Å². The predicted molar refractivity (Wildman–Crippen MR) is 120 cm³/mol. The van der Waals surface area contributed by atoms with E-state index in [-0.39, 0.29) is 18.0 Å². The zero-order chi connectivity index (χ0) is 22.7. The molecule has 168 valence electrons. The third-order valence-electron chi connectivity index (χ3n) is 5.79. The number of amides is 1. The van der Waals surface area contributed by atoms with Crippen molar-refractivity contribution in [2.75, 3.05) is 17.7 Å². The molecule has 2 atom stereocenters. The number of halogens is 3. The van der Waals surface area contributed by atoms with Crippen molar-refractivity contribution in [2.24, 2.45) is 0 Å². The number of hydrogen-bond acceptors (Lipinski definition) is 4. The van der Waals surface area contributed by atoms with Gasteiger partial charge in [0, 0.05) is 41.5 Å². The number of anilines is 2. The van der Waals surface area contributed by atoms with Crippen LogP contribution in [0.15, 0.2) is 54.6 Å². The van der Waals surface area contributed by atoms with Gasteiger partial charge in [-0.05, 0) is 56.0 Å². The van der Waals surface area contributed by atoms with Gasteiger partial charge in [0.05, 0.1) is 5.52 Å². The van der Waals surface area contributed by atoms with E-state index in [4.69, 9.17) is 0 Å². The van der Waals surface area contributed by atoms with Crippen LogP contribution in [0.2, 0.25) is 0 Å². The zero-order valence-electron chi connectivity index (χ0n) is 17.7. The van der Waals surface area contributed by atoms with Crippen LogP contribution in [0.25, 0.3) is 10.9 Å². The molecule has 1 amide bonds. The van der Waals surface area contributed by atoms with Crippen LogP contribution in [0, 0.1) is 0 Å². The number of nitrogens with one attached hydrogen (secondary N) is 3. The van der Waals surface area contributed by atoms with Crippen molar-refractivity contribution in [2.45, 2.75) is 43.9 Å². The summed E-state index contributed by atoms with van der Waals surface area (Å²) in [6, 6.07) is 15.0. The summed E-state index contributed by atoms with van der Waals surface area (Å²) in [5, 5.41) is 10.0. The number of hydrogen-bond donors (Lipinski definition) is 3. The van der Waals surface area contributed by atoms with Gasteiger partial charge in [-0.25, -0.2) is 4.98 Å². The van der Waals surface area contributed by atoms with E-state index in [0.29, 0.717) is 28.6 Å². The van der Waals surface area contributed by atoms with Crippen LogP contribution in [0.1, 0.15) is 41.7 Å². The number of nitrogens with zero attached hydrogens (tertiary/aromatic N) is 1. The first kappa shape index (κ1) is 21.9. The third kappa shape index (κ3) is 4.95. The molecule has 1 heterocycles. The van der Waals surface area contributed by atoms with Crippen LogP contribution >= 0.6 is 0 Å². The lowest BCUT2D eigenvalue weighted by Crippen LogP contribution is -2.41. The first-order chi connectivity index (χ1) is 15.3. The van der Waals surface area contributed by atoms with Crippen molar-refractivity contribution < 1.29 is 18.0 Å². The molecular formula is C24H25F3N4O. The van der Waals surface area contributed by atoms with Gasteiger partial charge in [0.15, 0.2) is 0 Å². The summed E-state index contributed by atoms with van der Waals surface area (Å²) in [5.74, 6) is -0.151. The average molecular weight is 442 g/mol. The van der Waals surface area contributed by atoms with Crippen molar-refractivity contribution in [3.63, 3.8) is 0 Å². The highest BCUT2D eigenvalue weighted by atomic mass is 19.4. The maximum absolute atomic E-state index is 13.4. The Balaban J connectivity index is 1.49. The standard InChI is InChI=1S/C24H25F3N4O/c1-28-16-7-4-6-15(12-16)23(32)30-18-9-5-8-17(13-18)29-21-14-22(24(25,26)27)31-20-11-3-2-10-19(20)21/h2-4,6-7,10-12,14,17-18,28H,5,8-9,13H2,1H3,(H,29,31)(H,30,32)/t17-,18+/m0/s1. The second kappa shape index (κ2) is 9.06. The minimum absolute atomic E-state index is 0.0513. The number of pyridine rings is 1. The largest absolute Gasteiger partial charge is 0.433 e. The molecule has 1 aliphatic rings. The van der Waals surface area contributed by atoms with E-state index in [0.717, 1.165) is 31.0 Å². The van der Waals surface area contributed by atoms with Crippen LogP contribution in [0.5, 0.6) is 0 Å². The summed E-state index contributed by atoms with van der Waals surface area (Å²) in [4.78, 5) is 16.5. The van der Waals surface area contributed by atoms with Gasteiger partial charge >= 0.3 is 6.18 Å². The lowest BCUT2D eigenvalue weighted by atomic mass is 9.90.